The molecule has 0 aliphatic carbocycles. The molecule has 3 unspecified atom stereocenters. The summed E-state index contributed by atoms with van der Waals surface area (Å²) in [5, 5.41) is 10.4. The quantitative estimate of drug-likeness (QED) is 0.171. The zero-order chi connectivity index (χ0) is 32.2. The lowest BCUT2D eigenvalue weighted by Gasteiger charge is -2.25. The Morgan fingerprint density at radius 2 is 1.41 bits per heavy atom. The Bertz CT molecular complexity index is 1500. The number of nitrogens with two attached hydrogens (primary N) is 1. The molecule has 5 amide bonds. The maximum Gasteiger partial charge on any atom is 0.289 e. The number of carbonyl (C=O) groups excluding carboxylic acids is 6. The van der Waals surface area contributed by atoms with E-state index in [-0.39, 0.29) is 18.5 Å². The molecule has 44 heavy (non-hydrogen) atoms. The van der Waals surface area contributed by atoms with E-state index in [0.29, 0.717) is 11.1 Å². The highest BCUT2D eigenvalue weighted by molar-refractivity contribution is 6.38. The molecule has 0 fully saturated rings. The van der Waals surface area contributed by atoms with Crippen LogP contribution in [0.15, 0.2) is 79.1 Å². The number of amides is 5. The molecule has 12 nitrogen and oxygen atoms in total. The Labute approximate surface area is 255 Å². The summed E-state index contributed by atoms with van der Waals surface area (Å²) in [6.07, 6.45) is 3.08. The average molecular weight is 601 g/mol. The van der Waals surface area contributed by atoms with Crippen LogP contribution in [0.3, 0.4) is 0 Å². The Morgan fingerprint density at radius 3 is 2.05 bits per heavy atom. The lowest BCUT2D eigenvalue weighted by molar-refractivity contribution is -0.141. The Balaban J connectivity index is 1.64. The second kappa shape index (κ2) is 15.7. The van der Waals surface area contributed by atoms with Crippen LogP contribution in [0.1, 0.15) is 52.6 Å². The number of aromatic nitrogens is 1. The first-order valence-corrected chi connectivity index (χ1v) is 14.0. The van der Waals surface area contributed by atoms with Gasteiger partial charge in [0.05, 0.1) is 6.04 Å². The SMILES string of the molecule is CC(NC(=O)C(Cc1ccccc1)NC(=O)c1ccncc1)C(=O)NC(C(=O)C(=O)NCc1cccc(C(N)=O)c1)C(C)C. The molecule has 0 aliphatic heterocycles. The fourth-order valence-corrected chi connectivity index (χ4v) is 4.24. The van der Waals surface area contributed by atoms with E-state index in [1.807, 2.05) is 30.3 Å². The van der Waals surface area contributed by atoms with Gasteiger partial charge in [-0.25, -0.2) is 0 Å². The van der Waals surface area contributed by atoms with Gasteiger partial charge in [0.2, 0.25) is 23.5 Å². The van der Waals surface area contributed by atoms with Gasteiger partial charge in [0.15, 0.2) is 0 Å². The maximum atomic E-state index is 13.3. The van der Waals surface area contributed by atoms with Gasteiger partial charge in [0.25, 0.3) is 11.8 Å². The van der Waals surface area contributed by atoms with Crippen molar-refractivity contribution in [3.63, 3.8) is 0 Å². The van der Waals surface area contributed by atoms with Crippen LogP contribution in [0.25, 0.3) is 0 Å². The van der Waals surface area contributed by atoms with Crippen LogP contribution in [-0.4, -0.2) is 58.4 Å². The van der Waals surface area contributed by atoms with Crippen LogP contribution in [0.2, 0.25) is 0 Å². The lowest BCUT2D eigenvalue weighted by Crippen LogP contribution is -2.57. The summed E-state index contributed by atoms with van der Waals surface area (Å²) in [6, 6.07) is 15.1. The summed E-state index contributed by atoms with van der Waals surface area (Å²) in [4.78, 5) is 80.2. The summed E-state index contributed by atoms with van der Waals surface area (Å²) in [7, 11) is 0. The lowest BCUT2D eigenvalue weighted by atomic mass is 9.98. The van der Waals surface area contributed by atoms with E-state index in [1.165, 1.54) is 43.6 Å². The van der Waals surface area contributed by atoms with Crippen molar-refractivity contribution in [3.8, 4) is 0 Å². The molecule has 0 saturated heterocycles. The van der Waals surface area contributed by atoms with Crippen molar-refractivity contribution in [3.05, 3.63) is 101 Å². The van der Waals surface area contributed by atoms with Gasteiger partial charge in [-0.1, -0.05) is 56.3 Å². The number of primary amides is 1. The van der Waals surface area contributed by atoms with Crippen molar-refractivity contribution in [1.82, 2.24) is 26.3 Å². The van der Waals surface area contributed by atoms with Crippen molar-refractivity contribution in [2.75, 3.05) is 0 Å². The Morgan fingerprint density at radius 1 is 0.750 bits per heavy atom. The minimum atomic E-state index is -1.18. The monoisotopic (exact) mass is 600 g/mol. The Kier molecular flexibility index (Phi) is 11.8. The van der Waals surface area contributed by atoms with E-state index in [2.05, 4.69) is 26.3 Å². The number of nitrogens with zero attached hydrogens (tertiary/aromatic N) is 1. The molecule has 1 heterocycles. The van der Waals surface area contributed by atoms with Crippen LogP contribution in [-0.2, 0) is 32.1 Å². The predicted molar refractivity (Wildman–Crippen MR) is 162 cm³/mol. The first kappa shape index (κ1) is 33.1. The molecule has 0 aliphatic rings. The van der Waals surface area contributed by atoms with Gasteiger partial charge >= 0.3 is 0 Å². The molecule has 0 radical (unpaired) electrons. The number of hydrogen-bond acceptors (Lipinski definition) is 7. The number of nitrogens with one attached hydrogen (secondary N) is 4. The number of Topliss-reactive ketones (excluding diaryl/α,β-unsaturated/α-hetero) is 1. The van der Waals surface area contributed by atoms with E-state index in [4.69, 9.17) is 5.73 Å². The highest BCUT2D eigenvalue weighted by Crippen LogP contribution is 2.09. The smallest absolute Gasteiger partial charge is 0.289 e. The van der Waals surface area contributed by atoms with Crippen LogP contribution >= 0.6 is 0 Å². The third-order valence-corrected chi connectivity index (χ3v) is 6.73. The molecule has 6 N–H and O–H groups in total. The standard InChI is InChI=1S/C32H36N6O6/c1-19(2)26(27(39)32(44)35-18-22-10-7-11-24(16-22)28(33)40)38-29(41)20(3)36-31(43)25(17-21-8-5-4-6-9-21)37-30(42)23-12-14-34-15-13-23/h4-16,19-20,25-26H,17-18H2,1-3H3,(H2,33,40)(H,35,44)(H,36,43)(H,37,42)(H,38,41). The number of pyridine rings is 1. The maximum absolute atomic E-state index is 13.3. The molecule has 0 bridgehead atoms. The minimum absolute atomic E-state index is 0.0368. The van der Waals surface area contributed by atoms with E-state index in [0.717, 1.165) is 5.56 Å². The third kappa shape index (κ3) is 9.58. The molecule has 3 aromatic rings. The fourth-order valence-electron chi connectivity index (χ4n) is 4.24. The van der Waals surface area contributed by atoms with Gasteiger partial charge in [-0.3, -0.25) is 33.8 Å². The number of hydrogen-bond donors (Lipinski definition) is 5. The zero-order valence-electron chi connectivity index (χ0n) is 24.7. The van der Waals surface area contributed by atoms with E-state index in [1.54, 1.807) is 26.0 Å². The Hall–Kier alpha value is -5.39. The molecule has 1 aromatic heterocycles. The van der Waals surface area contributed by atoms with Gasteiger partial charge in [-0.05, 0) is 48.2 Å². The van der Waals surface area contributed by atoms with Gasteiger partial charge in [0.1, 0.15) is 12.1 Å². The molecule has 12 heteroatoms. The highest BCUT2D eigenvalue weighted by Gasteiger charge is 2.32. The van der Waals surface area contributed by atoms with Gasteiger partial charge in [-0.15, -0.1) is 0 Å². The normalized spacial score (nSPS) is 12.7. The molecule has 230 valence electrons. The van der Waals surface area contributed by atoms with Gasteiger partial charge in [0, 0.05) is 36.5 Å². The molecule has 3 atom stereocenters. The summed E-state index contributed by atoms with van der Waals surface area (Å²) in [5.41, 5.74) is 7.21. The van der Waals surface area contributed by atoms with E-state index >= 15 is 0 Å². The second-order valence-corrected chi connectivity index (χ2v) is 10.5. The second-order valence-electron chi connectivity index (χ2n) is 10.5. The molecular formula is C32H36N6O6. The number of ketones is 1. The molecule has 0 saturated carbocycles. The predicted octanol–water partition coefficient (Wildman–Crippen LogP) is 1.05. The third-order valence-electron chi connectivity index (χ3n) is 6.73. The topological polar surface area (TPSA) is 189 Å². The summed E-state index contributed by atoms with van der Waals surface area (Å²) < 4.78 is 0. The average Bonchev–Trinajstić information content (AvgIpc) is 3.02. The zero-order valence-corrected chi connectivity index (χ0v) is 24.7. The molecule has 0 spiro atoms. The summed E-state index contributed by atoms with van der Waals surface area (Å²) in [6.45, 7) is 4.73. The molecule has 3 rings (SSSR count). The van der Waals surface area contributed by atoms with Crippen LogP contribution in [0, 0.1) is 5.92 Å². The first-order valence-electron chi connectivity index (χ1n) is 14.0. The number of carbonyl (C=O) groups is 6. The molecule has 2 aromatic carbocycles. The van der Waals surface area contributed by atoms with E-state index in [9.17, 15) is 28.8 Å². The van der Waals surface area contributed by atoms with Crippen LogP contribution in [0.4, 0.5) is 0 Å². The van der Waals surface area contributed by atoms with Crippen molar-refractivity contribution < 1.29 is 28.8 Å². The fraction of sp³-hybridized carbons (Fsp3) is 0.281. The highest BCUT2D eigenvalue weighted by atomic mass is 16.2. The minimum Gasteiger partial charge on any atom is -0.366 e. The largest absolute Gasteiger partial charge is 0.366 e. The summed E-state index contributed by atoms with van der Waals surface area (Å²) in [5.74, 6) is -4.66. The number of benzene rings is 2. The van der Waals surface area contributed by atoms with E-state index < -0.39 is 59.4 Å². The van der Waals surface area contributed by atoms with Crippen LogP contribution < -0.4 is 27.0 Å². The summed E-state index contributed by atoms with van der Waals surface area (Å²) >= 11 is 0. The van der Waals surface area contributed by atoms with Gasteiger partial charge in [-0.2, -0.15) is 0 Å². The van der Waals surface area contributed by atoms with Gasteiger partial charge < -0.3 is 27.0 Å². The van der Waals surface area contributed by atoms with Crippen molar-refractivity contribution >= 4 is 35.3 Å². The van der Waals surface area contributed by atoms with Crippen molar-refractivity contribution in [2.24, 2.45) is 11.7 Å². The van der Waals surface area contributed by atoms with Crippen molar-refractivity contribution in [1.29, 1.82) is 0 Å². The van der Waals surface area contributed by atoms with Crippen LogP contribution in [0.5, 0.6) is 0 Å². The molecular weight excluding hydrogens is 564 g/mol. The number of rotatable bonds is 14. The first-order chi connectivity index (χ1) is 21.0. The van der Waals surface area contributed by atoms with Crippen molar-refractivity contribution in [2.45, 2.75) is 51.9 Å².